The van der Waals surface area contributed by atoms with Gasteiger partial charge in [0.25, 0.3) is 0 Å². The highest BCUT2D eigenvalue weighted by Crippen LogP contribution is 2.26. The minimum Gasteiger partial charge on any atom is -0.329 e. The molecular formula is C12H19Cl2FN2O2S. The average Bonchev–Trinajstić information content (AvgIpc) is 2.35. The van der Waals surface area contributed by atoms with E-state index in [4.69, 9.17) is 17.3 Å². The van der Waals surface area contributed by atoms with Gasteiger partial charge in [-0.2, -0.15) is 0 Å². The van der Waals surface area contributed by atoms with Gasteiger partial charge in [-0.1, -0.05) is 31.5 Å². The zero-order valence-electron chi connectivity index (χ0n) is 11.3. The monoisotopic (exact) mass is 344 g/mol. The first kappa shape index (κ1) is 19.6. The summed E-state index contributed by atoms with van der Waals surface area (Å²) in [6.45, 7) is 3.77. The molecule has 116 valence electrons. The fraction of sp³-hybridized carbons (Fsp3) is 0.500. The second-order valence-corrected chi connectivity index (χ2v) is 6.37. The van der Waals surface area contributed by atoms with E-state index in [1.54, 1.807) is 0 Å². The second-order valence-electron chi connectivity index (χ2n) is 4.35. The number of sulfonamides is 1. The van der Waals surface area contributed by atoms with Crippen LogP contribution in [0.5, 0.6) is 0 Å². The molecule has 3 N–H and O–H groups in total. The lowest BCUT2D eigenvalue weighted by Gasteiger charge is -2.31. The number of hydrogen-bond acceptors (Lipinski definition) is 3. The van der Waals surface area contributed by atoms with Gasteiger partial charge in [0, 0.05) is 12.1 Å². The van der Waals surface area contributed by atoms with Gasteiger partial charge in [0.15, 0.2) is 0 Å². The Morgan fingerprint density at radius 3 is 2.30 bits per heavy atom. The molecule has 8 heteroatoms. The molecule has 1 rings (SSSR count). The maximum atomic E-state index is 13.7. The Labute approximate surface area is 130 Å². The summed E-state index contributed by atoms with van der Waals surface area (Å²) in [7, 11) is -4.05. The van der Waals surface area contributed by atoms with Crippen molar-refractivity contribution in [1.29, 1.82) is 0 Å². The first-order chi connectivity index (χ1) is 8.82. The Morgan fingerprint density at radius 2 is 1.90 bits per heavy atom. The van der Waals surface area contributed by atoms with Crippen molar-refractivity contribution in [3.05, 3.63) is 29.0 Å². The predicted molar refractivity (Wildman–Crippen MR) is 81.3 cm³/mol. The summed E-state index contributed by atoms with van der Waals surface area (Å²) in [5.74, 6) is -0.877. The first-order valence-electron chi connectivity index (χ1n) is 6.00. The molecule has 0 saturated heterocycles. The van der Waals surface area contributed by atoms with Crippen LogP contribution in [0.2, 0.25) is 5.02 Å². The van der Waals surface area contributed by atoms with Gasteiger partial charge in [-0.15, -0.1) is 12.4 Å². The fourth-order valence-electron chi connectivity index (χ4n) is 1.80. The highest BCUT2D eigenvalue weighted by atomic mass is 35.5. The standard InChI is InChI=1S/C12H18ClFN2O2S.ClH/c1-3-12(4-2,8-15)16-19(17,18)11-9(13)6-5-7-10(11)14;/h5-7,16H,3-4,8,15H2,1-2H3;1H. The van der Waals surface area contributed by atoms with E-state index < -0.39 is 26.3 Å². The van der Waals surface area contributed by atoms with Gasteiger partial charge in [0.05, 0.1) is 5.02 Å². The molecule has 0 fully saturated rings. The van der Waals surface area contributed by atoms with Crippen LogP contribution in [0.3, 0.4) is 0 Å². The zero-order valence-corrected chi connectivity index (χ0v) is 13.7. The quantitative estimate of drug-likeness (QED) is 0.833. The van der Waals surface area contributed by atoms with Crippen molar-refractivity contribution >= 4 is 34.0 Å². The van der Waals surface area contributed by atoms with Crippen LogP contribution in [-0.4, -0.2) is 20.5 Å². The van der Waals surface area contributed by atoms with E-state index in [-0.39, 0.29) is 24.0 Å². The van der Waals surface area contributed by atoms with Crippen molar-refractivity contribution in [1.82, 2.24) is 4.72 Å². The molecule has 4 nitrogen and oxygen atoms in total. The molecule has 20 heavy (non-hydrogen) atoms. The van der Waals surface area contributed by atoms with Crippen molar-refractivity contribution in [2.75, 3.05) is 6.54 Å². The minimum absolute atomic E-state index is 0. The maximum absolute atomic E-state index is 13.7. The molecule has 0 atom stereocenters. The summed E-state index contributed by atoms with van der Waals surface area (Å²) >= 11 is 5.78. The van der Waals surface area contributed by atoms with Crippen molar-refractivity contribution in [2.24, 2.45) is 5.73 Å². The Hall–Kier alpha value is -0.400. The molecule has 1 aromatic carbocycles. The molecule has 0 aromatic heterocycles. The third-order valence-corrected chi connectivity index (χ3v) is 5.36. The molecule has 0 aliphatic heterocycles. The molecule has 0 aliphatic rings. The Balaban J connectivity index is 0.00000361. The summed E-state index contributed by atoms with van der Waals surface area (Å²) in [5, 5.41) is -0.148. The third kappa shape index (κ3) is 4.05. The molecule has 0 unspecified atom stereocenters. The van der Waals surface area contributed by atoms with Crippen LogP contribution in [0.1, 0.15) is 26.7 Å². The molecular weight excluding hydrogens is 326 g/mol. The lowest BCUT2D eigenvalue weighted by atomic mass is 9.95. The molecule has 0 radical (unpaired) electrons. The number of rotatable bonds is 6. The van der Waals surface area contributed by atoms with E-state index in [1.165, 1.54) is 12.1 Å². The van der Waals surface area contributed by atoms with Crippen LogP contribution < -0.4 is 10.5 Å². The largest absolute Gasteiger partial charge is 0.329 e. The third-order valence-electron chi connectivity index (χ3n) is 3.28. The maximum Gasteiger partial charge on any atom is 0.245 e. The van der Waals surface area contributed by atoms with Crippen LogP contribution in [0.15, 0.2) is 23.1 Å². The van der Waals surface area contributed by atoms with Gasteiger partial charge in [-0.3, -0.25) is 0 Å². The van der Waals surface area contributed by atoms with Crippen LogP contribution in [0.4, 0.5) is 4.39 Å². The van der Waals surface area contributed by atoms with Crippen molar-refractivity contribution < 1.29 is 12.8 Å². The van der Waals surface area contributed by atoms with E-state index in [0.717, 1.165) is 6.07 Å². The molecule has 0 saturated carbocycles. The lowest BCUT2D eigenvalue weighted by Crippen LogP contribution is -2.52. The zero-order chi connectivity index (χ0) is 14.7. The second kappa shape index (κ2) is 7.56. The van der Waals surface area contributed by atoms with Crippen molar-refractivity contribution in [3.8, 4) is 0 Å². The van der Waals surface area contributed by atoms with Gasteiger partial charge >= 0.3 is 0 Å². The number of benzene rings is 1. The molecule has 0 bridgehead atoms. The highest BCUT2D eigenvalue weighted by molar-refractivity contribution is 7.89. The summed E-state index contributed by atoms with van der Waals surface area (Å²) in [6.07, 6.45) is 1.01. The van der Waals surface area contributed by atoms with Gasteiger partial charge in [0.1, 0.15) is 10.7 Å². The average molecular weight is 345 g/mol. The van der Waals surface area contributed by atoms with Gasteiger partial charge in [-0.25, -0.2) is 17.5 Å². The van der Waals surface area contributed by atoms with Crippen LogP contribution in [0.25, 0.3) is 0 Å². The number of hydrogen-bond donors (Lipinski definition) is 2. The summed E-state index contributed by atoms with van der Waals surface area (Å²) < 4.78 is 40.7. The van der Waals surface area contributed by atoms with Gasteiger partial charge in [0.2, 0.25) is 10.0 Å². The minimum atomic E-state index is -4.05. The molecule has 0 spiro atoms. The Bertz CT molecular complexity index is 520. The van der Waals surface area contributed by atoms with E-state index in [0.29, 0.717) is 12.8 Å². The summed E-state index contributed by atoms with van der Waals surface area (Å²) in [5.41, 5.74) is 4.85. The lowest BCUT2D eigenvalue weighted by molar-refractivity contribution is 0.362. The Morgan fingerprint density at radius 1 is 1.35 bits per heavy atom. The van der Waals surface area contributed by atoms with Gasteiger partial charge < -0.3 is 5.73 Å². The molecule has 1 aromatic rings. The Kier molecular flexibility index (Phi) is 7.41. The number of halogens is 3. The number of nitrogens with one attached hydrogen (secondary N) is 1. The van der Waals surface area contributed by atoms with Crippen LogP contribution in [-0.2, 0) is 10.0 Å². The van der Waals surface area contributed by atoms with Crippen LogP contribution >= 0.6 is 24.0 Å². The van der Waals surface area contributed by atoms with Crippen molar-refractivity contribution in [3.63, 3.8) is 0 Å². The van der Waals surface area contributed by atoms with E-state index in [1.807, 2.05) is 13.8 Å². The SMILES string of the molecule is CCC(CC)(CN)NS(=O)(=O)c1c(F)cccc1Cl.Cl. The van der Waals surface area contributed by atoms with Crippen molar-refractivity contribution in [2.45, 2.75) is 37.1 Å². The highest BCUT2D eigenvalue weighted by Gasteiger charge is 2.33. The predicted octanol–water partition coefficient (Wildman–Crippen LogP) is 2.70. The molecule has 0 heterocycles. The first-order valence-corrected chi connectivity index (χ1v) is 7.86. The molecule has 0 amide bonds. The number of nitrogens with two attached hydrogens (primary N) is 1. The van der Waals surface area contributed by atoms with E-state index >= 15 is 0 Å². The van der Waals surface area contributed by atoms with E-state index in [2.05, 4.69) is 4.72 Å². The topological polar surface area (TPSA) is 72.2 Å². The fourth-order valence-corrected chi connectivity index (χ4v) is 3.96. The normalized spacial score (nSPS) is 12.1. The smallest absolute Gasteiger partial charge is 0.245 e. The van der Waals surface area contributed by atoms with Crippen LogP contribution in [0, 0.1) is 5.82 Å². The molecule has 0 aliphatic carbocycles. The van der Waals surface area contributed by atoms with Gasteiger partial charge in [-0.05, 0) is 25.0 Å². The van der Waals surface area contributed by atoms with E-state index in [9.17, 15) is 12.8 Å². The summed E-state index contributed by atoms with van der Waals surface area (Å²) in [6, 6.07) is 3.75. The summed E-state index contributed by atoms with van der Waals surface area (Å²) in [4.78, 5) is -0.531.